The second-order valence-electron chi connectivity index (χ2n) is 8.70. The molecule has 1 aromatic heterocycles. The average Bonchev–Trinajstić information content (AvgIpc) is 3.22. The molecule has 3 heterocycles. The smallest absolute Gasteiger partial charge is 0.254 e. The molecular formula is C25H26FN3O. The molecule has 3 atom stereocenters. The number of nitrogens with zero attached hydrogens (tertiary/aromatic N) is 3. The molecule has 0 unspecified atom stereocenters. The third-order valence-electron chi connectivity index (χ3n) is 6.68. The minimum Gasteiger partial charge on any atom is -0.333 e. The van der Waals surface area contributed by atoms with Crippen LogP contribution in [0.1, 0.15) is 58.9 Å². The van der Waals surface area contributed by atoms with Gasteiger partial charge in [0.05, 0.1) is 11.4 Å². The lowest BCUT2D eigenvalue weighted by atomic mass is 9.85. The molecule has 0 radical (unpaired) electrons. The zero-order chi connectivity index (χ0) is 20.8. The van der Waals surface area contributed by atoms with Crippen molar-refractivity contribution in [1.29, 1.82) is 0 Å². The number of aryl methyl sites for hydroxylation is 2. The lowest BCUT2D eigenvalue weighted by Crippen LogP contribution is -2.46. The fourth-order valence-corrected chi connectivity index (χ4v) is 5.30. The Kier molecular flexibility index (Phi) is 4.69. The minimum absolute atomic E-state index is 0.125. The first-order valence-corrected chi connectivity index (χ1v) is 10.7. The number of hydrogen-bond donors (Lipinski definition) is 0. The van der Waals surface area contributed by atoms with E-state index in [1.807, 2.05) is 61.0 Å². The predicted molar refractivity (Wildman–Crippen MR) is 114 cm³/mol. The third-order valence-corrected chi connectivity index (χ3v) is 6.68. The number of carbonyl (C=O) groups excluding carboxylic acids is 1. The third kappa shape index (κ3) is 3.32. The van der Waals surface area contributed by atoms with Crippen LogP contribution >= 0.6 is 0 Å². The summed E-state index contributed by atoms with van der Waals surface area (Å²) in [6.07, 6.45) is 4.02. The monoisotopic (exact) mass is 403 g/mol. The van der Waals surface area contributed by atoms with Crippen LogP contribution in [0.15, 0.2) is 54.6 Å². The van der Waals surface area contributed by atoms with E-state index < -0.39 is 0 Å². The van der Waals surface area contributed by atoms with Crippen LogP contribution in [0.5, 0.6) is 0 Å². The Bertz CT molecular complexity index is 1060. The lowest BCUT2D eigenvalue weighted by Gasteiger charge is -2.39. The highest BCUT2D eigenvalue weighted by molar-refractivity contribution is 5.95. The van der Waals surface area contributed by atoms with E-state index in [1.54, 1.807) is 12.1 Å². The summed E-state index contributed by atoms with van der Waals surface area (Å²) in [5.74, 6) is 0.332. The highest BCUT2D eigenvalue weighted by Gasteiger charge is 2.43. The topological polar surface area (TPSA) is 38.1 Å². The van der Waals surface area contributed by atoms with Gasteiger partial charge in [-0.25, -0.2) is 9.07 Å². The molecule has 30 heavy (non-hydrogen) atoms. The van der Waals surface area contributed by atoms with E-state index in [0.717, 1.165) is 48.3 Å². The van der Waals surface area contributed by atoms with Crippen molar-refractivity contribution in [2.45, 2.75) is 57.5 Å². The molecule has 2 bridgehead atoms. The average molecular weight is 404 g/mol. The Labute approximate surface area is 176 Å². The number of carbonyl (C=O) groups is 1. The van der Waals surface area contributed by atoms with Crippen molar-refractivity contribution >= 4 is 5.91 Å². The van der Waals surface area contributed by atoms with E-state index in [0.29, 0.717) is 5.92 Å². The maximum Gasteiger partial charge on any atom is 0.254 e. The summed E-state index contributed by atoms with van der Waals surface area (Å²) in [5, 5.41) is 4.52. The molecule has 2 aliphatic rings. The standard InChI is InChI=1S/C25H26FN3O/c1-16-13-17(2)29(27-16)22-9-5-19(6-10-22)25(30)28-23-11-12-24(28)15-20(14-23)18-3-7-21(26)8-4-18/h3-10,13,20,23-24H,11-12,14-15H2,1-2H3/t20-,23+,24-. The minimum atomic E-state index is -0.196. The van der Waals surface area contributed by atoms with Gasteiger partial charge in [0, 0.05) is 23.3 Å². The zero-order valence-corrected chi connectivity index (χ0v) is 17.4. The highest BCUT2D eigenvalue weighted by atomic mass is 19.1. The molecule has 0 spiro atoms. The van der Waals surface area contributed by atoms with Crippen molar-refractivity contribution < 1.29 is 9.18 Å². The van der Waals surface area contributed by atoms with Crippen LogP contribution in [0.25, 0.3) is 5.69 Å². The molecule has 0 saturated carbocycles. The summed E-state index contributed by atoms with van der Waals surface area (Å²) in [4.78, 5) is 15.4. The lowest BCUT2D eigenvalue weighted by molar-refractivity contribution is 0.0571. The van der Waals surface area contributed by atoms with Crippen LogP contribution in [0.4, 0.5) is 4.39 Å². The second kappa shape index (κ2) is 7.38. The first kappa shape index (κ1) is 19.0. The molecule has 0 aliphatic carbocycles. The van der Waals surface area contributed by atoms with Crippen LogP contribution < -0.4 is 0 Å². The van der Waals surface area contributed by atoms with Crippen molar-refractivity contribution in [3.8, 4) is 5.69 Å². The molecule has 2 saturated heterocycles. The molecule has 0 N–H and O–H groups in total. The van der Waals surface area contributed by atoms with Gasteiger partial charge in [-0.05, 0) is 93.5 Å². The molecule has 4 nitrogen and oxygen atoms in total. The van der Waals surface area contributed by atoms with Crippen molar-refractivity contribution in [3.63, 3.8) is 0 Å². The van der Waals surface area contributed by atoms with E-state index in [1.165, 1.54) is 5.56 Å². The Morgan fingerprint density at radius 3 is 2.17 bits per heavy atom. The summed E-state index contributed by atoms with van der Waals surface area (Å²) in [6, 6.07) is 17.2. The van der Waals surface area contributed by atoms with Crippen LogP contribution in [0, 0.1) is 19.7 Å². The van der Waals surface area contributed by atoms with Crippen molar-refractivity contribution in [2.75, 3.05) is 0 Å². The van der Waals surface area contributed by atoms with Gasteiger partial charge in [0.2, 0.25) is 0 Å². The molecule has 2 aromatic carbocycles. The maximum absolute atomic E-state index is 13.3. The molecule has 5 rings (SSSR count). The summed E-state index contributed by atoms with van der Waals surface area (Å²) in [6.45, 7) is 4.01. The van der Waals surface area contributed by atoms with Gasteiger partial charge in [0.25, 0.3) is 5.91 Å². The van der Waals surface area contributed by atoms with E-state index in [-0.39, 0.29) is 23.8 Å². The van der Waals surface area contributed by atoms with Crippen molar-refractivity contribution in [1.82, 2.24) is 14.7 Å². The van der Waals surface area contributed by atoms with Gasteiger partial charge in [-0.3, -0.25) is 4.79 Å². The van der Waals surface area contributed by atoms with E-state index in [2.05, 4.69) is 10.00 Å². The molecule has 154 valence electrons. The normalized spacial score (nSPS) is 23.0. The number of piperidine rings is 1. The number of halogens is 1. The molecule has 2 aliphatic heterocycles. The highest BCUT2D eigenvalue weighted by Crippen LogP contribution is 2.43. The largest absolute Gasteiger partial charge is 0.333 e. The van der Waals surface area contributed by atoms with Crippen LogP contribution in [0.2, 0.25) is 0 Å². The van der Waals surface area contributed by atoms with Gasteiger partial charge in [-0.1, -0.05) is 12.1 Å². The molecule has 3 aromatic rings. The maximum atomic E-state index is 13.3. The van der Waals surface area contributed by atoms with Crippen LogP contribution in [0.3, 0.4) is 0 Å². The molecular weight excluding hydrogens is 377 g/mol. The fraction of sp³-hybridized carbons (Fsp3) is 0.360. The van der Waals surface area contributed by atoms with Crippen LogP contribution in [-0.2, 0) is 0 Å². The first-order valence-electron chi connectivity index (χ1n) is 10.7. The second-order valence-corrected chi connectivity index (χ2v) is 8.70. The van der Waals surface area contributed by atoms with Gasteiger partial charge < -0.3 is 4.90 Å². The van der Waals surface area contributed by atoms with Gasteiger partial charge in [-0.15, -0.1) is 0 Å². The molecule has 2 fully saturated rings. The van der Waals surface area contributed by atoms with Gasteiger partial charge in [0.1, 0.15) is 5.82 Å². The number of amides is 1. The quantitative estimate of drug-likeness (QED) is 0.604. The number of benzene rings is 2. The number of fused-ring (bicyclic) bond motifs is 2. The number of hydrogen-bond acceptors (Lipinski definition) is 2. The van der Waals surface area contributed by atoms with Crippen molar-refractivity contribution in [2.24, 2.45) is 0 Å². The predicted octanol–water partition coefficient (Wildman–Crippen LogP) is 5.18. The van der Waals surface area contributed by atoms with Crippen molar-refractivity contribution in [3.05, 3.63) is 82.9 Å². The zero-order valence-electron chi connectivity index (χ0n) is 17.4. The Morgan fingerprint density at radius 1 is 0.967 bits per heavy atom. The van der Waals surface area contributed by atoms with Gasteiger partial charge >= 0.3 is 0 Å². The molecule has 5 heteroatoms. The summed E-state index contributed by atoms with van der Waals surface area (Å²) in [7, 11) is 0. The summed E-state index contributed by atoms with van der Waals surface area (Å²) >= 11 is 0. The van der Waals surface area contributed by atoms with E-state index in [9.17, 15) is 9.18 Å². The Morgan fingerprint density at radius 2 is 1.60 bits per heavy atom. The molecule has 1 amide bonds. The van der Waals surface area contributed by atoms with E-state index in [4.69, 9.17) is 0 Å². The SMILES string of the molecule is Cc1cc(C)n(-c2ccc(C(=O)N3[C@@H]4CC[C@H]3C[C@@H](c3ccc(F)cc3)C4)cc2)n1. The number of rotatable bonds is 3. The fourth-order valence-electron chi connectivity index (χ4n) is 5.30. The Balaban J connectivity index is 1.33. The summed E-state index contributed by atoms with van der Waals surface area (Å²) in [5.41, 5.74) is 4.95. The van der Waals surface area contributed by atoms with Gasteiger partial charge in [-0.2, -0.15) is 5.10 Å². The van der Waals surface area contributed by atoms with Gasteiger partial charge in [0.15, 0.2) is 0 Å². The number of aromatic nitrogens is 2. The first-order chi connectivity index (χ1) is 14.5. The van der Waals surface area contributed by atoms with Crippen LogP contribution in [-0.4, -0.2) is 32.7 Å². The van der Waals surface area contributed by atoms with E-state index >= 15 is 0 Å². The summed E-state index contributed by atoms with van der Waals surface area (Å²) < 4.78 is 15.2. The Hall–Kier alpha value is -2.95.